The summed E-state index contributed by atoms with van der Waals surface area (Å²) in [5.74, 6) is -0.380. The molecule has 0 unspecified atom stereocenters. The predicted molar refractivity (Wildman–Crippen MR) is 55.9 cm³/mol. The number of hydrogen-bond acceptors (Lipinski definition) is 3. The van der Waals surface area contributed by atoms with E-state index in [0.29, 0.717) is 12.2 Å². The molecule has 0 aromatic heterocycles. The van der Waals surface area contributed by atoms with Gasteiger partial charge in [0.2, 0.25) is 0 Å². The fraction of sp³-hybridized carbons (Fsp3) is 0.727. The van der Waals surface area contributed by atoms with Crippen molar-refractivity contribution >= 4 is 5.97 Å². The van der Waals surface area contributed by atoms with Crippen molar-refractivity contribution in [1.82, 2.24) is 0 Å². The zero-order valence-corrected chi connectivity index (χ0v) is 9.08. The minimum atomic E-state index is -0.380. The Bertz CT molecular complexity index is 185. The van der Waals surface area contributed by atoms with E-state index in [4.69, 9.17) is 9.84 Å². The number of aliphatic hydroxyl groups excluding tert-OH is 1. The maximum absolute atomic E-state index is 11.3. The van der Waals surface area contributed by atoms with Gasteiger partial charge in [-0.1, -0.05) is 32.8 Å². The summed E-state index contributed by atoms with van der Waals surface area (Å²) in [5.41, 5.74) is 0.378. The molecule has 3 nitrogen and oxygen atoms in total. The molecule has 0 atom stereocenters. The van der Waals surface area contributed by atoms with E-state index in [2.05, 4.69) is 0 Å². The fourth-order valence-electron chi connectivity index (χ4n) is 0.933. The smallest absolute Gasteiger partial charge is 0.336 e. The Kier molecular flexibility index (Phi) is 8.24. The summed E-state index contributed by atoms with van der Waals surface area (Å²) >= 11 is 0. The predicted octanol–water partition coefficient (Wildman–Crippen LogP) is 2.05. The summed E-state index contributed by atoms with van der Waals surface area (Å²) in [4.78, 5) is 11.3. The van der Waals surface area contributed by atoms with E-state index >= 15 is 0 Å². The number of hydrogen-bond donors (Lipinski definition) is 1. The molecule has 0 aromatic rings. The van der Waals surface area contributed by atoms with Crippen LogP contribution in [0.3, 0.4) is 0 Å². The van der Waals surface area contributed by atoms with Crippen molar-refractivity contribution in [2.45, 2.75) is 39.5 Å². The van der Waals surface area contributed by atoms with Crippen molar-refractivity contribution in [3.8, 4) is 0 Å². The van der Waals surface area contributed by atoms with Gasteiger partial charge in [0.05, 0.1) is 18.8 Å². The van der Waals surface area contributed by atoms with E-state index in [0.717, 1.165) is 25.7 Å². The molecule has 3 heteroatoms. The van der Waals surface area contributed by atoms with Crippen molar-refractivity contribution in [3.63, 3.8) is 0 Å². The second-order valence-electron chi connectivity index (χ2n) is 3.17. The maximum Gasteiger partial charge on any atom is 0.336 e. The third kappa shape index (κ3) is 5.75. The highest BCUT2D eigenvalue weighted by atomic mass is 16.5. The molecule has 0 radical (unpaired) electrons. The number of allylic oxidation sites excluding steroid dienone is 1. The number of esters is 1. The van der Waals surface area contributed by atoms with Gasteiger partial charge in [-0.25, -0.2) is 4.79 Å². The van der Waals surface area contributed by atoms with Gasteiger partial charge in [0.1, 0.15) is 0 Å². The third-order valence-corrected chi connectivity index (χ3v) is 1.84. The molecule has 0 saturated carbocycles. The molecule has 0 aliphatic carbocycles. The molecule has 0 saturated heterocycles. The van der Waals surface area contributed by atoms with Crippen LogP contribution < -0.4 is 0 Å². The molecule has 0 bridgehead atoms. The normalized spacial score (nSPS) is 11.5. The lowest BCUT2D eigenvalue weighted by Crippen LogP contribution is -2.11. The van der Waals surface area contributed by atoms with E-state index in [1.807, 2.05) is 13.8 Å². The van der Waals surface area contributed by atoms with Crippen LogP contribution in [0.5, 0.6) is 0 Å². The lowest BCUT2D eigenvalue weighted by Gasteiger charge is -2.05. The summed E-state index contributed by atoms with van der Waals surface area (Å²) < 4.78 is 4.97. The molecule has 82 valence electrons. The van der Waals surface area contributed by atoms with Gasteiger partial charge in [-0.15, -0.1) is 0 Å². The van der Waals surface area contributed by atoms with Gasteiger partial charge in [0, 0.05) is 0 Å². The summed E-state index contributed by atoms with van der Waals surface area (Å²) in [5, 5.41) is 8.91. The summed E-state index contributed by atoms with van der Waals surface area (Å²) in [6.45, 7) is 4.27. The van der Waals surface area contributed by atoms with Crippen LogP contribution in [0.4, 0.5) is 0 Å². The van der Waals surface area contributed by atoms with Gasteiger partial charge >= 0.3 is 5.97 Å². The van der Waals surface area contributed by atoms with Gasteiger partial charge in [-0.3, -0.25) is 0 Å². The molecule has 0 heterocycles. The number of ether oxygens (including phenoxy) is 1. The number of carbonyl (C=O) groups is 1. The molecule has 0 amide bonds. The van der Waals surface area contributed by atoms with Crippen LogP contribution in [0.15, 0.2) is 11.6 Å². The van der Waals surface area contributed by atoms with E-state index in [1.54, 1.807) is 6.08 Å². The molecule has 0 aromatic carbocycles. The quantitative estimate of drug-likeness (QED) is 0.388. The molecule has 0 spiro atoms. The zero-order valence-electron chi connectivity index (χ0n) is 9.08. The minimum absolute atomic E-state index is 0.231. The van der Waals surface area contributed by atoms with Crippen LogP contribution in [0.1, 0.15) is 39.5 Å². The van der Waals surface area contributed by atoms with Crippen molar-refractivity contribution in [2.75, 3.05) is 13.2 Å². The molecule has 14 heavy (non-hydrogen) atoms. The van der Waals surface area contributed by atoms with E-state index in [-0.39, 0.29) is 12.6 Å². The summed E-state index contributed by atoms with van der Waals surface area (Å²) in [6, 6.07) is 0. The number of carbonyl (C=O) groups excluding carboxylic acids is 1. The standard InChI is InChI=1S/C11H20O3/c1-3-5-7-10(9-12)11(13)14-8-6-4-2/h7,12H,3-6,8-9H2,1-2H3. The highest BCUT2D eigenvalue weighted by molar-refractivity contribution is 5.88. The van der Waals surface area contributed by atoms with Crippen LogP contribution in [0.25, 0.3) is 0 Å². The first kappa shape index (κ1) is 13.2. The fourth-order valence-corrected chi connectivity index (χ4v) is 0.933. The Labute approximate surface area is 85.8 Å². The van der Waals surface area contributed by atoms with Crippen LogP contribution >= 0.6 is 0 Å². The lowest BCUT2D eigenvalue weighted by molar-refractivity contribution is -0.139. The highest BCUT2D eigenvalue weighted by Crippen LogP contribution is 2.02. The van der Waals surface area contributed by atoms with E-state index in [9.17, 15) is 4.79 Å². The van der Waals surface area contributed by atoms with E-state index in [1.165, 1.54) is 0 Å². The van der Waals surface area contributed by atoms with Crippen LogP contribution in [0, 0.1) is 0 Å². The molecule has 1 N–H and O–H groups in total. The Morgan fingerprint density at radius 1 is 1.36 bits per heavy atom. The third-order valence-electron chi connectivity index (χ3n) is 1.84. The van der Waals surface area contributed by atoms with Crippen LogP contribution in [-0.2, 0) is 9.53 Å². The van der Waals surface area contributed by atoms with Gasteiger partial charge in [-0.2, -0.15) is 0 Å². The Balaban J connectivity index is 3.91. The van der Waals surface area contributed by atoms with Gasteiger partial charge < -0.3 is 9.84 Å². The number of unbranched alkanes of at least 4 members (excludes halogenated alkanes) is 2. The minimum Gasteiger partial charge on any atom is -0.462 e. The number of aliphatic hydroxyl groups is 1. The lowest BCUT2D eigenvalue weighted by atomic mass is 10.2. The average molecular weight is 200 g/mol. The SMILES string of the molecule is CCCC=C(CO)C(=O)OCCCC. The molecule has 0 rings (SSSR count). The van der Waals surface area contributed by atoms with Crippen molar-refractivity contribution < 1.29 is 14.6 Å². The van der Waals surface area contributed by atoms with Crippen molar-refractivity contribution in [1.29, 1.82) is 0 Å². The molecule has 0 aliphatic rings. The molecular weight excluding hydrogens is 180 g/mol. The zero-order chi connectivity index (χ0) is 10.8. The first-order valence-corrected chi connectivity index (χ1v) is 5.23. The largest absolute Gasteiger partial charge is 0.462 e. The van der Waals surface area contributed by atoms with Crippen molar-refractivity contribution in [3.05, 3.63) is 11.6 Å². The summed E-state index contributed by atoms with van der Waals surface area (Å²) in [7, 11) is 0. The Hall–Kier alpha value is -0.830. The van der Waals surface area contributed by atoms with Gasteiger partial charge in [-0.05, 0) is 12.8 Å². The summed E-state index contributed by atoms with van der Waals surface area (Å²) in [6.07, 6.45) is 5.39. The van der Waals surface area contributed by atoms with Gasteiger partial charge in [0.15, 0.2) is 0 Å². The Morgan fingerprint density at radius 2 is 2.07 bits per heavy atom. The van der Waals surface area contributed by atoms with Crippen LogP contribution in [-0.4, -0.2) is 24.3 Å². The number of rotatable bonds is 7. The first-order valence-electron chi connectivity index (χ1n) is 5.23. The molecule has 0 fully saturated rings. The Morgan fingerprint density at radius 3 is 2.57 bits per heavy atom. The average Bonchev–Trinajstić information content (AvgIpc) is 2.19. The topological polar surface area (TPSA) is 46.5 Å². The first-order chi connectivity index (χ1) is 6.76. The van der Waals surface area contributed by atoms with Crippen molar-refractivity contribution in [2.24, 2.45) is 0 Å². The highest BCUT2D eigenvalue weighted by Gasteiger charge is 2.08. The monoisotopic (exact) mass is 200 g/mol. The van der Waals surface area contributed by atoms with Gasteiger partial charge in [0.25, 0.3) is 0 Å². The maximum atomic E-state index is 11.3. The van der Waals surface area contributed by atoms with Crippen LogP contribution in [0.2, 0.25) is 0 Å². The molecular formula is C11H20O3. The second-order valence-corrected chi connectivity index (χ2v) is 3.17. The second kappa shape index (κ2) is 8.75. The van der Waals surface area contributed by atoms with E-state index < -0.39 is 0 Å². The molecule has 0 aliphatic heterocycles.